The van der Waals surface area contributed by atoms with Gasteiger partial charge in [-0.15, -0.1) is 0 Å². The highest BCUT2D eigenvalue weighted by atomic mass is 16.6. The summed E-state index contributed by atoms with van der Waals surface area (Å²) in [5, 5.41) is 75.8. The first-order chi connectivity index (χ1) is 36.1. The number of phenols is 1. The van der Waals surface area contributed by atoms with E-state index in [9.17, 15) is 40.2 Å². The number of aryl methyl sites for hydroxylation is 1. The van der Waals surface area contributed by atoms with E-state index in [1.165, 1.54) is 14.0 Å². The smallest absolute Gasteiger partial charge is 0.334 e. The molecule has 5 aliphatic carbocycles. The van der Waals surface area contributed by atoms with Gasteiger partial charge in [0.05, 0.1) is 31.7 Å². The van der Waals surface area contributed by atoms with Crippen LogP contribution in [0.3, 0.4) is 0 Å². The topological polar surface area (TPSA) is 212 Å². The molecule has 11 rings (SSSR count). The SMILES string of the molecule is COC[C@H](O)[C@@](C)(O)CNc1cc(CO)cc([C@H]2C#C[C@H]3CC(=O)Oc4c3cc(c(O)c4C3CCCCC3)C[C@H]3OC(=O)/C(=C4\CCc5ccc(cc5C[C@H]4O)C[C@@H]4C(=O)CC[C@@H]5[C@H]4C[C@@H]4C=CCC[C@@H]4[C@]53O)C2)c1. The van der Waals surface area contributed by atoms with Gasteiger partial charge in [0, 0.05) is 67.1 Å². The molecule has 7 N–H and O–H groups in total. The van der Waals surface area contributed by atoms with Gasteiger partial charge in [-0.1, -0.05) is 67.5 Å². The molecule has 8 aliphatic rings. The lowest BCUT2D eigenvalue weighted by molar-refractivity contribution is -0.221. The van der Waals surface area contributed by atoms with E-state index in [-0.39, 0.29) is 98.6 Å². The molecule has 0 spiro atoms. The van der Waals surface area contributed by atoms with Crippen molar-refractivity contribution in [3.8, 4) is 23.3 Å². The van der Waals surface area contributed by atoms with Crippen molar-refractivity contribution in [3.63, 3.8) is 0 Å². The van der Waals surface area contributed by atoms with Gasteiger partial charge in [-0.05, 0) is 158 Å². The van der Waals surface area contributed by atoms with E-state index < -0.39 is 59.2 Å². The number of phenolic OH excluding ortho intramolecular Hbond substituents is 1. The van der Waals surface area contributed by atoms with Gasteiger partial charge >= 0.3 is 11.9 Å². The van der Waals surface area contributed by atoms with E-state index in [1.54, 1.807) is 6.07 Å². The first-order valence-electron chi connectivity index (χ1n) is 27.7. The summed E-state index contributed by atoms with van der Waals surface area (Å²) < 4.78 is 18.4. The molecule has 3 aromatic carbocycles. The molecule has 12 atom stereocenters. The number of ketones is 1. The van der Waals surface area contributed by atoms with Crippen LogP contribution in [-0.4, -0.2) is 98.1 Å². The van der Waals surface area contributed by atoms with Crippen molar-refractivity contribution in [1.82, 2.24) is 0 Å². The molecule has 13 nitrogen and oxygen atoms in total. The molecule has 3 heterocycles. The Hall–Kier alpha value is -5.33. The first-order valence-corrected chi connectivity index (χ1v) is 27.7. The number of hydrogen-bond donors (Lipinski definition) is 7. The molecule has 0 saturated heterocycles. The van der Waals surface area contributed by atoms with Crippen LogP contribution in [0.1, 0.15) is 153 Å². The molecule has 3 aromatic rings. The number of fused-ring (bicyclic) bond motifs is 10. The number of allylic oxidation sites excluding steroid dienone is 2. The zero-order valence-electron chi connectivity index (χ0n) is 43.3. The van der Waals surface area contributed by atoms with Gasteiger partial charge in [0.15, 0.2) is 0 Å². The van der Waals surface area contributed by atoms with Crippen molar-refractivity contribution >= 4 is 23.4 Å². The fraction of sp³-hybridized carbons (Fsp3) is 0.565. The number of carbonyl (C=O) groups excluding carboxylic acids is 3. The second kappa shape index (κ2) is 20.9. The highest BCUT2D eigenvalue weighted by Crippen LogP contribution is 2.58. The van der Waals surface area contributed by atoms with E-state index in [0.29, 0.717) is 83.4 Å². The Morgan fingerprint density at radius 2 is 1.71 bits per heavy atom. The number of hydrogen-bond acceptors (Lipinski definition) is 13. The lowest BCUT2D eigenvalue weighted by Crippen LogP contribution is -2.65. The number of benzene rings is 3. The van der Waals surface area contributed by atoms with Crippen LogP contribution in [-0.2, 0) is 56.1 Å². The molecule has 3 fully saturated rings. The molecule has 0 aromatic heterocycles. The molecule has 398 valence electrons. The summed E-state index contributed by atoms with van der Waals surface area (Å²) in [6.45, 7) is 0.958. The number of methoxy groups -OCH3 is 1. The Kier molecular flexibility index (Phi) is 14.4. The van der Waals surface area contributed by atoms with Crippen molar-refractivity contribution in [2.45, 2.75) is 170 Å². The Bertz CT molecular complexity index is 2870. The van der Waals surface area contributed by atoms with Gasteiger partial charge < -0.3 is 50.2 Å². The summed E-state index contributed by atoms with van der Waals surface area (Å²) >= 11 is 0. The van der Waals surface area contributed by atoms with E-state index in [2.05, 4.69) is 47.5 Å². The highest BCUT2D eigenvalue weighted by molar-refractivity contribution is 5.90. The van der Waals surface area contributed by atoms with Crippen LogP contribution in [0.2, 0.25) is 0 Å². The van der Waals surface area contributed by atoms with E-state index >= 15 is 4.79 Å². The average Bonchev–Trinajstić information content (AvgIpc) is 3.57. The lowest BCUT2D eigenvalue weighted by atomic mass is 9.49. The van der Waals surface area contributed by atoms with Crippen LogP contribution in [0.15, 0.2) is 65.8 Å². The number of anilines is 1. The summed E-state index contributed by atoms with van der Waals surface area (Å²) in [4.78, 5) is 44.4. The van der Waals surface area contributed by atoms with Crippen LogP contribution in [0.25, 0.3) is 0 Å². The van der Waals surface area contributed by atoms with Gasteiger partial charge in [0.2, 0.25) is 0 Å². The third-order valence-electron chi connectivity index (χ3n) is 18.9. The van der Waals surface area contributed by atoms with Gasteiger partial charge in [-0.2, -0.15) is 0 Å². The fourth-order valence-electron chi connectivity index (χ4n) is 14.9. The van der Waals surface area contributed by atoms with Crippen molar-refractivity contribution in [2.75, 3.05) is 25.6 Å². The minimum Gasteiger partial charge on any atom is -0.507 e. The molecule has 75 heavy (non-hydrogen) atoms. The summed E-state index contributed by atoms with van der Waals surface area (Å²) in [6.07, 6.45) is 9.42. The predicted octanol–water partition coefficient (Wildman–Crippen LogP) is 7.47. The summed E-state index contributed by atoms with van der Waals surface area (Å²) in [5.41, 5.74) is 3.74. The van der Waals surface area contributed by atoms with Gasteiger partial charge in [-0.3, -0.25) is 9.59 Å². The quantitative estimate of drug-likeness (QED) is 0.0481. The standard InChI is InChI=1S/C62H73NO12/c1-61(71,54(67)32-73-2)33-63-44-22-35(31-64)21-41(24-44)38-14-15-39-30-56(68)75-59-46(39)27-43(58(69)57(59)37-8-4-3-5-9-37)29-55-62(72)50-11-7-6-10-40(50)26-47-48(52(65)19-18-51(47)62)23-34-12-13-36-16-17-45(49(25-38)60(70)74-55)53(66)28-42(36)20-34/h6,10,12-13,20-22,24,27,37-40,47-48,50-51,53-55,63-64,66-67,69,71-72H,3-5,7-9,11,16-19,23,25-26,28-33H2,1-2H3/b49-45+/t38-,39-,40-,47-,48-,50-,51+,53+,54-,55+,61-,62-/m0/s1. The van der Waals surface area contributed by atoms with E-state index in [0.717, 1.165) is 55.2 Å². The second-order valence-corrected chi connectivity index (χ2v) is 23.5. The molecule has 0 amide bonds. The summed E-state index contributed by atoms with van der Waals surface area (Å²) in [5.74, 6) is 3.18. The minimum atomic E-state index is -1.66. The Morgan fingerprint density at radius 3 is 2.51 bits per heavy atom. The number of aliphatic hydroxyl groups is 5. The highest BCUT2D eigenvalue weighted by Gasteiger charge is 2.62. The predicted molar refractivity (Wildman–Crippen MR) is 280 cm³/mol. The maximum Gasteiger partial charge on any atom is 0.334 e. The van der Waals surface area contributed by atoms with Crippen molar-refractivity contribution in [3.05, 3.63) is 110 Å². The van der Waals surface area contributed by atoms with Crippen molar-refractivity contribution in [1.29, 1.82) is 0 Å². The van der Waals surface area contributed by atoms with Crippen LogP contribution in [0.5, 0.6) is 11.5 Å². The number of aliphatic hydroxyl groups excluding tert-OH is 3. The molecule has 0 radical (unpaired) electrons. The Balaban J connectivity index is 1.15. The third kappa shape index (κ3) is 9.78. The zero-order valence-corrected chi connectivity index (χ0v) is 43.3. The third-order valence-corrected chi connectivity index (χ3v) is 18.9. The normalized spacial score (nSPS) is 32.6. The molecule has 13 heteroatoms. The van der Waals surface area contributed by atoms with Crippen LogP contribution in [0, 0.1) is 41.4 Å². The van der Waals surface area contributed by atoms with Crippen molar-refractivity contribution < 1.29 is 59.2 Å². The average molecular weight is 1020 g/mol. The van der Waals surface area contributed by atoms with Crippen LogP contribution >= 0.6 is 0 Å². The number of rotatable bonds is 9. The molecular formula is C62H73NO12. The molecule has 3 saturated carbocycles. The number of carbonyl (C=O) groups is 3. The summed E-state index contributed by atoms with van der Waals surface area (Å²) in [6, 6.07) is 13.6. The largest absolute Gasteiger partial charge is 0.507 e. The summed E-state index contributed by atoms with van der Waals surface area (Å²) in [7, 11) is 1.44. The lowest BCUT2D eigenvalue weighted by Gasteiger charge is -2.58. The Morgan fingerprint density at radius 1 is 0.893 bits per heavy atom. The number of esters is 2. The van der Waals surface area contributed by atoms with Gasteiger partial charge in [0.25, 0.3) is 0 Å². The molecule has 0 unspecified atom stereocenters. The molecule has 3 aliphatic heterocycles. The zero-order chi connectivity index (χ0) is 52.3. The van der Waals surface area contributed by atoms with E-state index in [1.807, 2.05) is 18.2 Å². The number of ether oxygens (including phenoxy) is 3. The van der Waals surface area contributed by atoms with Gasteiger partial charge in [0.1, 0.15) is 40.7 Å². The maximum atomic E-state index is 16.1. The van der Waals surface area contributed by atoms with Crippen LogP contribution < -0.4 is 10.1 Å². The molecule has 11 bridgehead atoms. The Labute approximate surface area is 439 Å². The maximum absolute atomic E-state index is 16.1. The first kappa shape index (κ1) is 51.8. The number of aromatic hydroxyl groups is 1. The van der Waals surface area contributed by atoms with E-state index in [4.69, 9.17) is 14.2 Å². The number of nitrogens with one attached hydrogen (secondary N) is 1. The second-order valence-electron chi connectivity index (χ2n) is 23.5. The monoisotopic (exact) mass is 1020 g/mol. The fourth-order valence-corrected chi connectivity index (χ4v) is 14.9. The van der Waals surface area contributed by atoms with Gasteiger partial charge in [-0.25, -0.2) is 4.79 Å². The van der Waals surface area contributed by atoms with Crippen LogP contribution in [0.4, 0.5) is 5.69 Å². The van der Waals surface area contributed by atoms with Crippen molar-refractivity contribution in [2.24, 2.45) is 29.6 Å². The molecular weight excluding hydrogens is 951 g/mol. The minimum absolute atomic E-state index is 0.0309. The number of Topliss-reactive ketones (excluding diaryl/α,β-unsaturated/α-hetero) is 1.